The topological polar surface area (TPSA) is 37.4 Å². The van der Waals surface area contributed by atoms with Gasteiger partial charge in [0.1, 0.15) is 0 Å². The van der Waals surface area contributed by atoms with Crippen LogP contribution < -0.4 is 0 Å². The summed E-state index contributed by atoms with van der Waals surface area (Å²) in [5.41, 5.74) is 0. The smallest absolute Gasteiger partial charge is 0.233 e. The largest absolute Gasteiger partial charge is 0.282 e. The fraction of sp³-hybridized carbons (Fsp3) is 0.826. The number of nitrogens with zero attached hydrogens (tertiary/aromatic N) is 1. The van der Waals surface area contributed by atoms with Gasteiger partial charge in [-0.3, -0.25) is 14.5 Å². The molecule has 3 nitrogen and oxygen atoms in total. The van der Waals surface area contributed by atoms with Crippen LogP contribution >= 0.6 is 11.8 Å². The highest BCUT2D eigenvalue weighted by Crippen LogP contribution is 2.32. The quantitative estimate of drug-likeness (QED) is 0.187. The van der Waals surface area contributed by atoms with Gasteiger partial charge in [0.2, 0.25) is 11.8 Å². The lowest BCUT2D eigenvalue weighted by atomic mass is 9.85. The van der Waals surface area contributed by atoms with Crippen molar-refractivity contribution in [1.82, 2.24) is 4.90 Å². The van der Waals surface area contributed by atoms with Crippen LogP contribution in [-0.2, 0) is 9.59 Å². The van der Waals surface area contributed by atoms with Crippen LogP contribution in [-0.4, -0.2) is 34.3 Å². The predicted octanol–water partition coefficient (Wildman–Crippen LogP) is 6.23. The molecule has 3 atom stereocenters. The molecular weight excluding hydrogens is 354 g/mol. The summed E-state index contributed by atoms with van der Waals surface area (Å²) in [4.78, 5) is 26.7. The fourth-order valence-corrected chi connectivity index (χ4v) is 5.12. The number of amides is 2. The number of carbonyl (C=O) groups excluding carboxylic acids is 2. The highest BCUT2D eigenvalue weighted by atomic mass is 32.2. The number of carbonyl (C=O) groups is 2. The molecule has 0 spiro atoms. The number of hydrogen-bond donors (Lipinski definition) is 0. The minimum atomic E-state index is -0.0635. The van der Waals surface area contributed by atoms with Gasteiger partial charge in [-0.05, 0) is 44.4 Å². The van der Waals surface area contributed by atoms with E-state index in [2.05, 4.69) is 39.8 Å². The van der Waals surface area contributed by atoms with Crippen molar-refractivity contribution in [3.8, 4) is 0 Å². The molecule has 0 aromatic rings. The summed E-state index contributed by atoms with van der Waals surface area (Å²) in [6.07, 6.45) is 15.2. The van der Waals surface area contributed by atoms with Crippen molar-refractivity contribution in [2.24, 2.45) is 11.8 Å². The van der Waals surface area contributed by atoms with Gasteiger partial charge in [0.05, 0.1) is 5.92 Å². The number of unbranched alkanes of at least 4 members (excludes halogenated alkanes) is 2. The zero-order chi connectivity index (χ0) is 20.1. The van der Waals surface area contributed by atoms with E-state index in [0.29, 0.717) is 24.1 Å². The van der Waals surface area contributed by atoms with Crippen molar-refractivity contribution in [1.29, 1.82) is 0 Å². The molecule has 0 radical (unpaired) electrons. The average molecular weight is 396 g/mol. The van der Waals surface area contributed by atoms with E-state index in [1.807, 2.05) is 11.8 Å². The van der Waals surface area contributed by atoms with E-state index in [9.17, 15) is 9.59 Å². The Kier molecular flexibility index (Phi) is 12.8. The molecule has 0 aromatic heterocycles. The monoisotopic (exact) mass is 395 g/mol. The van der Waals surface area contributed by atoms with E-state index in [1.54, 1.807) is 4.90 Å². The Labute approximate surface area is 171 Å². The number of thioether (sulfide) groups is 1. The number of allylic oxidation sites excluding steroid dienone is 2. The van der Waals surface area contributed by atoms with E-state index < -0.39 is 0 Å². The van der Waals surface area contributed by atoms with Gasteiger partial charge in [-0.1, -0.05) is 59.1 Å². The van der Waals surface area contributed by atoms with Crippen LogP contribution in [0.2, 0.25) is 0 Å². The first kappa shape index (κ1) is 24.3. The van der Waals surface area contributed by atoms with Crippen LogP contribution in [0.25, 0.3) is 0 Å². The number of hydrogen-bond acceptors (Lipinski definition) is 3. The summed E-state index contributed by atoms with van der Waals surface area (Å²) < 4.78 is 0. The lowest BCUT2D eigenvalue weighted by molar-refractivity contribution is -0.139. The molecule has 1 aliphatic heterocycles. The second kappa shape index (κ2) is 14.3. The predicted molar refractivity (Wildman–Crippen MR) is 118 cm³/mol. The van der Waals surface area contributed by atoms with Crippen molar-refractivity contribution in [3.63, 3.8) is 0 Å². The Morgan fingerprint density at radius 2 is 1.85 bits per heavy atom. The lowest BCUT2D eigenvalue weighted by Crippen LogP contribution is -2.34. The van der Waals surface area contributed by atoms with Gasteiger partial charge in [-0.2, -0.15) is 11.8 Å². The molecule has 1 saturated heterocycles. The molecule has 1 heterocycles. The molecule has 1 aliphatic rings. The maximum Gasteiger partial charge on any atom is 0.233 e. The molecule has 0 aromatic carbocycles. The molecule has 2 amide bonds. The summed E-state index contributed by atoms with van der Waals surface area (Å²) in [6.45, 7) is 9.33. The standard InChI is InChI=1S/C23H41NO2S/c1-5-9-11-12-13-15-20(8-4)27-17-16-24-22(25)18-21(23(24)26)19(7-3)14-10-6-2/h9,11,19-21H,5-8,10,12-18H2,1-4H3/b11-9-. The van der Waals surface area contributed by atoms with Gasteiger partial charge in [-0.15, -0.1) is 0 Å². The molecule has 0 saturated carbocycles. The summed E-state index contributed by atoms with van der Waals surface area (Å²) in [5, 5.41) is 0.636. The Balaban J connectivity index is 2.41. The van der Waals surface area contributed by atoms with Crippen molar-refractivity contribution >= 4 is 23.6 Å². The summed E-state index contributed by atoms with van der Waals surface area (Å²) >= 11 is 1.94. The maximum absolute atomic E-state index is 12.8. The Bertz CT molecular complexity index is 463. The van der Waals surface area contributed by atoms with Gasteiger partial charge in [0.25, 0.3) is 0 Å². The third kappa shape index (κ3) is 8.41. The van der Waals surface area contributed by atoms with E-state index in [4.69, 9.17) is 0 Å². The molecule has 156 valence electrons. The molecule has 0 aliphatic carbocycles. The first-order chi connectivity index (χ1) is 13.1. The molecular formula is C23H41NO2S. The SMILES string of the molecule is CC/C=C\CCCC(CC)SCCN1C(=O)CC(C(CC)CCCC)C1=O. The first-order valence-corrected chi connectivity index (χ1v) is 12.2. The Morgan fingerprint density at radius 3 is 2.48 bits per heavy atom. The van der Waals surface area contributed by atoms with Crippen molar-refractivity contribution < 1.29 is 9.59 Å². The number of likely N-dealkylation sites (tertiary alicyclic amines) is 1. The molecule has 0 bridgehead atoms. The van der Waals surface area contributed by atoms with Gasteiger partial charge in [0, 0.05) is 24.0 Å². The van der Waals surface area contributed by atoms with Crippen molar-refractivity contribution in [2.45, 2.75) is 97.2 Å². The summed E-state index contributed by atoms with van der Waals surface area (Å²) in [5.74, 6) is 1.34. The highest BCUT2D eigenvalue weighted by Gasteiger charge is 2.41. The van der Waals surface area contributed by atoms with E-state index in [-0.39, 0.29) is 17.7 Å². The molecule has 4 heteroatoms. The molecule has 0 N–H and O–H groups in total. The number of rotatable bonds is 15. The minimum absolute atomic E-state index is 0.0540. The van der Waals surface area contributed by atoms with Crippen molar-refractivity contribution in [2.75, 3.05) is 12.3 Å². The fourth-order valence-electron chi connectivity index (χ4n) is 3.93. The third-order valence-electron chi connectivity index (χ3n) is 5.72. The Morgan fingerprint density at radius 1 is 1.07 bits per heavy atom. The van der Waals surface area contributed by atoms with Gasteiger partial charge >= 0.3 is 0 Å². The highest BCUT2D eigenvalue weighted by molar-refractivity contribution is 7.99. The van der Waals surface area contributed by atoms with Crippen LogP contribution in [0.3, 0.4) is 0 Å². The molecule has 1 rings (SSSR count). The third-order valence-corrected chi connectivity index (χ3v) is 7.18. The van der Waals surface area contributed by atoms with E-state index in [1.165, 1.54) is 12.8 Å². The number of imide groups is 1. The zero-order valence-corrected chi connectivity index (χ0v) is 18.9. The normalized spacial score (nSPS) is 20.0. The van der Waals surface area contributed by atoms with Crippen LogP contribution in [0.4, 0.5) is 0 Å². The summed E-state index contributed by atoms with van der Waals surface area (Å²) in [7, 11) is 0. The van der Waals surface area contributed by atoms with Crippen LogP contribution in [0, 0.1) is 11.8 Å². The molecule has 1 fully saturated rings. The van der Waals surface area contributed by atoms with Crippen LogP contribution in [0.5, 0.6) is 0 Å². The second-order valence-electron chi connectivity index (χ2n) is 7.72. The van der Waals surface area contributed by atoms with Crippen LogP contribution in [0.1, 0.15) is 91.9 Å². The van der Waals surface area contributed by atoms with Gasteiger partial charge in [-0.25, -0.2) is 0 Å². The molecule has 3 unspecified atom stereocenters. The Hall–Kier alpha value is -0.770. The molecule has 27 heavy (non-hydrogen) atoms. The second-order valence-corrected chi connectivity index (χ2v) is 9.12. The minimum Gasteiger partial charge on any atom is -0.282 e. The van der Waals surface area contributed by atoms with E-state index >= 15 is 0 Å². The van der Waals surface area contributed by atoms with Crippen molar-refractivity contribution in [3.05, 3.63) is 12.2 Å². The maximum atomic E-state index is 12.8. The van der Waals surface area contributed by atoms with E-state index in [0.717, 1.165) is 50.7 Å². The van der Waals surface area contributed by atoms with Gasteiger partial charge < -0.3 is 0 Å². The van der Waals surface area contributed by atoms with Crippen LogP contribution in [0.15, 0.2) is 12.2 Å². The lowest BCUT2D eigenvalue weighted by Gasteiger charge is -2.21. The first-order valence-electron chi connectivity index (χ1n) is 11.2. The van der Waals surface area contributed by atoms with Gasteiger partial charge in [0.15, 0.2) is 0 Å². The average Bonchev–Trinajstić information content (AvgIpc) is 2.95. The zero-order valence-electron chi connectivity index (χ0n) is 18.0. The summed E-state index contributed by atoms with van der Waals surface area (Å²) in [6, 6.07) is 0.